The Morgan fingerprint density at radius 3 is 1.55 bits per heavy atom. The molecule has 16 rings (SSSR count). The number of halogens is 4. The van der Waals surface area contributed by atoms with E-state index in [1.807, 2.05) is 160 Å². The summed E-state index contributed by atoms with van der Waals surface area (Å²) >= 11 is 7.47. The van der Waals surface area contributed by atoms with Gasteiger partial charge in [-0.15, -0.1) is 36.2 Å². The lowest BCUT2D eigenvalue weighted by atomic mass is 10.1. The first-order valence-corrected chi connectivity index (χ1v) is 45.3. The second-order valence-corrected chi connectivity index (χ2v) is 34.9. The number of hydrogen-bond acceptors (Lipinski definition) is 28. The fourth-order valence-electron chi connectivity index (χ4n) is 12.5. The quantitative estimate of drug-likeness (QED) is 0.0100. The number of nitrogens with one attached hydrogen (secondary N) is 8. The van der Waals surface area contributed by atoms with Crippen molar-refractivity contribution in [2.24, 2.45) is 5.73 Å². The van der Waals surface area contributed by atoms with Crippen molar-refractivity contribution in [3.63, 3.8) is 0 Å². The van der Waals surface area contributed by atoms with E-state index in [2.05, 4.69) is 101 Å². The van der Waals surface area contributed by atoms with Crippen LogP contribution in [-0.4, -0.2) is 227 Å². The Labute approximate surface area is 835 Å². The third-order valence-corrected chi connectivity index (χ3v) is 21.1. The van der Waals surface area contributed by atoms with E-state index in [1.54, 1.807) is 107 Å². The fourth-order valence-corrected chi connectivity index (χ4v) is 15.3. The number of ether oxygens (including phenoxy) is 4. The highest BCUT2D eigenvalue weighted by Crippen LogP contribution is 2.32. The van der Waals surface area contributed by atoms with Crippen molar-refractivity contribution in [1.82, 2.24) is 98.8 Å². The molecule has 0 aliphatic rings. The van der Waals surface area contributed by atoms with E-state index in [4.69, 9.17) is 42.9 Å². The molecular weight excluding hydrogens is 1910 g/mol. The van der Waals surface area contributed by atoms with Gasteiger partial charge in [-0.25, -0.2) is 18.5 Å². The van der Waals surface area contributed by atoms with Gasteiger partial charge in [-0.1, -0.05) is 19.0 Å². The van der Waals surface area contributed by atoms with Crippen LogP contribution in [0, 0.1) is 48.9 Å². The number of nitro groups is 2. The van der Waals surface area contributed by atoms with Gasteiger partial charge in [0.05, 0.1) is 54.1 Å². The number of carbonyl (C=O) groups is 2. The predicted octanol–water partition coefficient (Wildman–Crippen LogP) is 16.3. The zero-order chi connectivity index (χ0) is 102. The summed E-state index contributed by atoms with van der Waals surface area (Å²) in [5.74, 6) is 0. The number of H-pyrrole nitrogens is 5. The number of nitriles is 1. The van der Waals surface area contributed by atoms with Crippen LogP contribution in [0.3, 0.4) is 0 Å². The second-order valence-electron chi connectivity index (χ2n) is 32.0. The van der Waals surface area contributed by atoms with Crippen LogP contribution in [0.1, 0.15) is 103 Å². The molecule has 0 saturated heterocycles. The van der Waals surface area contributed by atoms with Crippen molar-refractivity contribution in [2.45, 2.75) is 125 Å². The lowest BCUT2D eigenvalue weighted by Gasteiger charge is -2.22. The molecule has 0 aromatic carbocycles. The first-order chi connectivity index (χ1) is 65.8. The number of fused-ring (bicyclic) bond motifs is 7. The lowest BCUT2D eigenvalue weighted by Crippen LogP contribution is -2.33. The van der Waals surface area contributed by atoms with Crippen molar-refractivity contribution in [3.05, 3.63) is 283 Å². The van der Waals surface area contributed by atoms with Gasteiger partial charge >= 0.3 is 12.2 Å². The van der Waals surface area contributed by atoms with Gasteiger partial charge in [0.15, 0.2) is 34.9 Å². The zero-order valence-electron chi connectivity index (χ0n) is 81.3. The first kappa shape index (κ1) is 118. The monoisotopic (exact) mass is 2030 g/mol. The number of thiazole rings is 1. The highest BCUT2D eigenvalue weighted by Gasteiger charge is 2.30. The number of nitrogens with zero attached hydrogens (tertiary/aromatic N) is 17. The minimum absolute atomic E-state index is 0. The molecule has 0 aliphatic carbocycles. The van der Waals surface area contributed by atoms with Crippen molar-refractivity contribution in [1.29, 1.82) is 5.26 Å². The van der Waals surface area contributed by atoms with Crippen molar-refractivity contribution in [2.75, 3.05) is 96.4 Å². The summed E-state index contributed by atoms with van der Waals surface area (Å²) in [7, 11) is 10.3. The Morgan fingerprint density at radius 1 is 0.664 bits per heavy atom. The smallest absolute Gasteiger partial charge is 0.407 e. The average molecular weight is 2030 g/mol. The van der Waals surface area contributed by atoms with E-state index in [0.29, 0.717) is 75.6 Å². The van der Waals surface area contributed by atoms with E-state index in [1.165, 1.54) is 79.1 Å². The molecule has 0 aliphatic heterocycles. The second kappa shape index (κ2) is 60.7. The van der Waals surface area contributed by atoms with Crippen LogP contribution in [0.4, 0.5) is 25.4 Å². The summed E-state index contributed by atoms with van der Waals surface area (Å²) in [5.41, 5.74) is 16.4. The van der Waals surface area contributed by atoms with Crippen LogP contribution in [-0.2, 0) is 61.2 Å². The van der Waals surface area contributed by atoms with Gasteiger partial charge in [0.25, 0.3) is 21.4 Å². The number of aromatic nitrogens is 16. The molecule has 46 heteroatoms. The predicted molar refractivity (Wildman–Crippen MR) is 552 cm³/mol. The highest BCUT2D eigenvalue weighted by atomic mass is 35.5. The van der Waals surface area contributed by atoms with Gasteiger partial charge < -0.3 is 85.8 Å². The minimum atomic E-state index is -4.04. The number of alkyl carbamates (subject to hydrolysis) is 2. The lowest BCUT2D eigenvalue weighted by molar-refractivity contribution is -0.606. The molecule has 2 amide bonds. The molecule has 0 spiro atoms. The topological polar surface area (TPSA) is 520 Å². The standard InChI is InChI=1S/C19H20ClN5O4S2.C14H19N3O2.C10H13N3.C9H11N3O3.C9H11N3.C9H7N3.C7H6N2.C7H17NO2.C6H6N2O3.C2H7N.CH3F.CH4.2ClH/c1-19(2,3)29-18(26)22-7-4-12-11-25(14-5-6-21-10-13(12)14)31(27,28)16-15(20)23-17-24(16)8-9-30-17;1-14(2,3)19-13(18)16-7-4-10-8-17-12-5-6-15-9-11(10)12;1-13(2)7-8-5-12-10-3-4-11-6-9(8)10;1-10(2)5-3-8-7-11(13)6-4-9(8)12(14)15;2*10-3-1-7-5-12-9-2-4-11-6-8(7)9;1-4-9-7-2-3-8-5-6(1)7;1-5-9-7(8(3)4)10-6-2;1-5-4-7(9)3-2-6(5)8(10)11;1-3-2;1-2;;;/h5-6,8-11H,4,7H2,1-3H3,(H,22,26);5-6,8-9,17H,4,7H2,1-3H3,(H,16,18);3-6,12H,7H2,1-2H3;3-7H,1-2H3;2,4-6,12H,1,3,10H2;2,4-6,12H,1H2;1-5,9H;7H,5-6H2,1-4H3;2-4H,1H3;3H,1-2H3;1H3;1H4;2*1H/i;;;;;;;;;;1D;;;. The molecule has 756 valence electrons. The Bertz CT molecular complexity index is 6630. The fraction of sp³-hybridized carbons (Fsp3) is 0.340. The van der Waals surface area contributed by atoms with Crippen LogP contribution in [0.15, 0.2) is 214 Å². The van der Waals surface area contributed by atoms with Crippen LogP contribution in [0.25, 0.3) is 76.5 Å². The Hall–Kier alpha value is -13.9. The van der Waals surface area contributed by atoms with Crippen LogP contribution >= 0.6 is 47.8 Å². The summed E-state index contributed by atoms with van der Waals surface area (Å²) < 4.78 is 67.1. The van der Waals surface area contributed by atoms with Gasteiger partial charge in [0.2, 0.25) is 11.4 Å². The molecule has 0 saturated carbocycles. The number of amides is 2. The van der Waals surface area contributed by atoms with Crippen molar-refractivity contribution >= 4 is 158 Å². The summed E-state index contributed by atoms with van der Waals surface area (Å²) in [6.07, 6.45) is 43.2. The maximum absolute atomic E-state index is 13.5. The van der Waals surface area contributed by atoms with E-state index in [-0.39, 0.29) is 78.4 Å². The maximum Gasteiger partial charge on any atom is 0.407 e. The molecule has 16 heterocycles. The molecule has 0 radical (unpaired) electrons. The summed E-state index contributed by atoms with van der Waals surface area (Å²) in [5, 5.41) is 67.0. The third-order valence-electron chi connectivity index (χ3n) is 18.3. The summed E-state index contributed by atoms with van der Waals surface area (Å²) in [6.45, 7) is 20.1. The van der Waals surface area contributed by atoms with E-state index >= 15 is 0 Å². The Morgan fingerprint density at radius 2 is 1.10 bits per heavy atom. The molecule has 0 unspecified atom stereocenters. The minimum Gasteiger partial charge on any atom is -0.619 e. The SMILES string of the molecule is C.CC(C)(C)OC(=O)NCCc1c[nH]c2ccncc12.CC(C)(C)OC(=O)NCCc1cn(S(=O)(=O)c2c(Cl)nc3sccn23)c2ccncc12.CCOC(OCC)N(C)C.CN(C)C=Cc1c[n+]([O-])ccc1[N+](=O)[O-].CN(C)Cc1c[nH]c2ccncc12.CNC.Cc1c[n+]([O-])ccc1[N+](=O)[O-].Cl.Cl.N#CCc1c[nH]c2ccncc12.NCCc1c[nH]c2ccncc12.[2H]CF.c1cc2[nH]ccc2cn1. The van der Waals surface area contributed by atoms with Crippen molar-refractivity contribution in [3.8, 4) is 6.07 Å². The largest absolute Gasteiger partial charge is 0.619 e. The molecule has 16 aromatic heterocycles. The highest BCUT2D eigenvalue weighted by molar-refractivity contribution is 7.90. The maximum atomic E-state index is 13.5. The van der Waals surface area contributed by atoms with E-state index in [0.717, 1.165) is 99.0 Å². The normalized spacial score (nSPS) is 10.8. The summed E-state index contributed by atoms with van der Waals surface area (Å²) in [4.78, 5) is 93.7. The number of carbonyl (C=O) groups excluding carboxylic acids is 2. The Kier molecular flexibility index (Phi) is 51.4. The van der Waals surface area contributed by atoms with Gasteiger partial charge in [-0.05, 0) is 213 Å². The van der Waals surface area contributed by atoms with Gasteiger partial charge in [-0.2, -0.15) is 23.1 Å². The number of aromatic amines is 5. The van der Waals surface area contributed by atoms with E-state index < -0.39 is 44.3 Å². The van der Waals surface area contributed by atoms with Crippen LogP contribution < -0.4 is 31.1 Å². The number of imidazole rings is 1. The summed E-state index contributed by atoms with van der Waals surface area (Å²) in [6, 6.07) is 17.9. The number of hydrogen-bond donors (Lipinski definition) is 9. The number of rotatable bonds is 22. The Balaban J connectivity index is 0.000000415. The molecule has 10 N–H and O–H groups in total. The van der Waals surface area contributed by atoms with Gasteiger partial charge in [0.1, 0.15) is 16.8 Å². The molecule has 0 atom stereocenters. The molecule has 16 aromatic rings. The molecule has 0 fully saturated rings. The van der Waals surface area contributed by atoms with Crippen molar-refractivity contribution < 1.29 is 62.0 Å². The van der Waals surface area contributed by atoms with Gasteiger partial charge in [0, 0.05) is 230 Å². The number of alkyl halides is 1. The first-order valence-electron chi connectivity index (χ1n) is 43.3. The molecule has 140 heavy (non-hydrogen) atoms. The molecule has 0 bridgehead atoms. The van der Waals surface area contributed by atoms with E-state index in [9.17, 15) is 53.0 Å². The average Bonchev–Trinajstić information content (AvgIpc) is 1.58. The van der Waals surface area contributed by atoms with Crippen LogP contribution in [0.5, 0.6) is 0 Å². The van der Waals surface area contributed by atoms with Crippen LogP contribution in [0.2, 0.25) is 5.15 Å². The zero-order valence-corrected chi connectivity index (χ0v) is 84.4. The molecular formula is C94H126Cl3FN26O14S2. The molecule has 40 nitrogen and oxygen atoms in total. The number of nitrogens with two attached hydrogens (primary N) is 1. The third kappa shape index (κ3) is 38.5. The number of aryl methyl sites for hydroxylation is 1. The van der Waals surface area contributed by atoms with Gasteiger partial charge in [-0.3, -0.25) is 63.8 Å². The number of pyridine rings is 8.